The number of ether oxygens (including phenoxy) is 1. The maximum absolute atomic E-state index is 12.9. The van der Waals surface area contributed by atoms with Gasteiger partial charge in [0, 0.05) is 35.1 Å². The Hall–Kier alpha value is -2.77. The summed E-state index contributed by atoms with van der Waals surface area (Å²) in [6, 6.07) is 10.9. The first-order valence-corrected chi connectivity index (χ1v) is 12.3. The molecule has 35 heavy (non-hydrogen) atoms. The van der Waals surface area contributed by atoms with Gasteiger partial charge in [0.05, 0.1) is 0 Å². The van der Waals surface area contributed by atoms with Gasteiger partial charge >= 0.3 is 5.97 Å². The quantitative estimate of drug-likeness (QED) is 0.466. The molecule has 0 aliphatic carbocycles. The minimum absolute atomic E-state index is 0.0612. The zero-order valence-electron chi connectivity index (χ0n) is 19.9. The SMILES string of the molecule is CC(C)(C(=O)N[C@@H](Cc1ccc(OCc2c(Cl)cccc2Cl)cc1)C(=O)O)C(=O)N1CCCCC1. The number of amides is 2. The average Bonchev–Trinajstić information content (AvgIpc) is 2.84. The summed E-state index contributed by atoms with van der Waals surface area (Å²) in [5, 5.41) is 13.3. The third-order valence-corrected chi connectivity index (χ3v) is 6.87. The Morgan fingerprint density at radius 1 is 1.03 bits per heavy atom. The van der Waals surface area contributed by atoms with Crippen molar-refractivity contribution in [3.8, 4) is 5.75 Å². The van der Waals surface area contributed by atoms with E-state index in [4.69, 9.17) is 27.9 Å². The summed E-state index contributed by atoms with van der Waals surface area (Å²) < 4.78 is 5.76. The standard InChI is InChI=1S/C26H30Cl2N2O5/c1-26(2,25(34)30-13-4-3-5-14-30)24(33)29-22(23(31)32)15-17-9-11-18(12-10-17)35-16-19-20(27)7-6-8-21(19)28/h6-12,22H,3-5,13-16H2,1-2H3,(H,29,33)(H,31,32)/t22-/m0/s1. The molecule has 9 heteroatoms. The van der Waals surface area contributed by atoms with E-state index in [0.29, 0.717) is 40.0 Å². The van der Waals surface area contributed by atoms with E-state index in [-0.39, 0.29) is 18.9 Å². The van der Waals surface area contributed by atoms with Crippen molar-refractivity contribution in [3.05, 3.63) is 63.6 Å². The number of benzene rings is 2. The van der Waals surface area contributed by atoms with E-state index in [1.807, 2.05) is 0 Å². The van der Waals surface area contributed by atoms with Crippen molar-refractivity contribution in [1.82, 2.24) is 10.2 Å². The number of carbonyl (C=O) groups excluding carboxylic acids is 2. The third-order valence-electron chi connectivity index (χ3n) is 6.16. The van der Waals surface area contributed by atoms with Gasteiger partial charge in [-0.15, -0.1) is 0 Å². The van der Waals surface area contributed by atoms with Crippen LogP contribution in [0.5, 0.6) is 5.75 Å². The van der Waals surface area contributed by atoms with Gasteiger partial charge in [0.1, 0.15) is 23.8 Å². The summed E-state index contributed by atoms with van der Waals surface area (Å²) in [6.45, 7) is 4.50. The van der Waals surface area contributed by atoms with Crippen molar-refractivity contribution in [2.45, 2.75) is 52.2 Å². The molecule has 0 saturated carbocycles. The zero-order valence-corrected chi connectivity index (χ0v) is 21.4. The molecule has 1 saturated heterocycles. The number of carboxylic acids is 1. The average molecular weight is 521 g/mol. The van der Waals surface area contributed by atoms with Crippen molar-refractivity contribution in [1.29, 1.82) is 0 Å². The number of rotatable bonds is 9. The van der Waals surface area contributed by atoms with Crippen molar-refractivity contribution >= 4 is 41.0 Å². The number of aliphatic carboxylic acids is 1. The lowest BCUT2D eigenvalue weighted by molar-refractivity contribution is -0.152. The Balaban J connectivity index is 1.61. The van der Waals surface area contributed by atoms with Crippen molar-refractivity contribution < 1.29 is 24.2 Å². The molecule has 0 radical (unpaired) electrons. The van der Waals surface area contributed by atoms with Crippen LogP contribution in [-0.2, 0) is 27.4 Å². The highest BCUT2D eigenvalue weighted by atomic mass is 35.5. The summed E-state index contributed by atoms with van der Waals surface area (Å²) >= 11 is 12.3. The molecule has 0 spiro atoms. The van der Waals surface area contributed by atoms with Crippen LogP contribution in [0.3, 0.4) is 0 Å². The molecule has 2 N–H and O–H groups in total. The molecule has 2 aromatic rings. The van der Waals surface area contributed by atoms with Gasteiger partial charge < -0.3 is 20.1 Å². The molecule has 7 nitrogen and oxygen atoms in total. The molecular formula is C26H30Cl2N2O5. The highest BCUT2D eigenvalue weighted by molar-refractivity contribution is 6.35. The van der Waals surface area contributed by atoms with Crippen LogP contribution in [0.2, 0.25) is 10.0 Å². The second kappa shape index (κ2) is 11.8. The molecule has 0 aromatic heterocycles. The summed E-state index contributed by atoms with van der Waals surface area (Å²) in [4.78, 5) is 39.4. The molecule has 2 amide bonds. The van der Waals surface area contributed by atoms with Gasteiger partial charge in [-0.1, -0.05) is 41.4 Å². The first kappa shape index (κ1) is 26.8. The largest absolute Gasteiger partial charge is 0.489 e. The molecular weight excluding hydrogens is 491 g/mol. The molecule has 3 rings (SSSR count). The van der Waals surface area contributed by atoms with E-state index in [2.05, 4.69) is 5.32 Å². The fourth-order valence-corrected chi connectivity index (χ4v) is 4.42. The summed E-state index contributed by atoms with van der Waals surface area (Å²) in [6.07, 6.45) is 2.94. The third kappa shape index (κ3) is 6.89. The number of hydrogen-bond acceptors (Lipinski definition) is 4. The van der Waals surface area contributed by atoms with E-state index in [1.54, 1.807) is 47.4 Å². The van der Waals surface area contributed by atoms with E-state index in [0.717, 1.165) is 19.3 Å². The Morgan fingerprint density at radius 2 is 1.63 bits per heavy atom. The van der Waals surface area contributed by atoms with Gasteiger partial charge in [0.15, 0.2) is 0 Å². The van der Waals surface area contributed by atoms with Crippen LogP contribution in [0.1, 0.15) is 44.2 Å². The molecule has 2 aromatic carbocycles. The molecule has 188 valence electrons. The van der Waals surface area contributed by atoms with Gasteiger partial charge in [0.25, 0.3) is 0 Å². The van der Waals surface area contributed by atoms with E-state index < -0.39 is 23.3 Å². The predicted octanol–water partition coefficient (Wildman–Crippen LogP) is 4.72. The Labute approximate surface area is 215 Å². The van der Waals surface area contributed by atoms with Crippen LogP contribution < -0.4 is 10.1 Å². The van der Waals surface area contributed by atoms with Gasteiger partial charge in [-0.25, -0.2) is 4.79 Å². The van der Waals surface area contributed by atoms with Crippen molar-refractivity contribution in [2.24, 2.45) is 5.41 Å². The van der Waals surface area contributed by atoms with Gasteiger partial charge in [0.2, 0.25) is 11.8 Å². The summed E-state index contributed by atoms with van der Waals surface area (Å²) in [5.41, 5.74) is 0.0131. The lowest BCUT2D eigenvalue weighted by Crippen LogP contribution is -2.54. The maximum Gasteiger partial charge on any atom is 0.326 e. The predicted molar refractivity (Wildman–Crippen MR) is 135 cm³/mol. The van der Waals surface area contributed by atoms with E-state index in [9.17, 15) is 19.5 Å². The van der Waals surface area contributed by atoms with E-state index in [1.165, 1.54) is 13.8 Å². The highest BCUT2D eigenvalue weighted by Gasteiger charge is 2.41. The van der Waals surface area contributed by atoms with Crippen molar-refractivity contribution in [3.63, 3.8) is 0 Å². The second-order valence-corrected chi connectivity index (χ2v) is 9.99. The van der Waals surface area contributed by atoms with Gasteiger partial charge in [-0.3, -0.25) is 9.59 Å². The minimum atomic E-state index is -1.36. The summed E-state index contributed by atoms with van der Waals surface area (Å²) in [5.74, 6) is -1.49. The van der Waals surface area contributed by atoms with Crippen LogP contribution in [0.25, 0.3) is 0 Å². The first-order valence-electron chi connectivity index (χ1n) is 11.6. The Kier molecular flexibility index (Phi) is 9.03. The lowest BCUT2D eigenvalue weighted by Gasteiger charge is -2.34. The zero-order chi connectivity index (χ0) is 25.6. The van der Waals surface area contributed by atoms with Crippen molar-refractivity contribution in [2.75, 3.05) is 13.1 Å². The van der Waals surface area contributed by atoms with Gasteiger partial charge in [-0.2, -0.15) is 0 Å². The Bertz CT molecular complexity index is 1050. The first-order chi connectivity index (χ1) is 16.6. The summed E-state index contributed by atoms with van der Waals surface area (Å²) in [7, 11) is 0. The number of carboxylic acid groups (broad SMARTS) is 1. The monoisotopic (exact) mass is 520 g/mol. The van der Waals surface area contributed by atoms with Crippen LogP contribution in [0.15, 0.2) is 42.5 Å². The molecule has 1 fully saturated rings. The normalized spacial score (nSPS) is 14.8. The molecule has 0 unspecified atom stereocenters. The number of likely N-dealkylation sites (tertiary alicyclic amines) is 1. The molecule has 1 aliphatic rings. The smallest absolute Gasteiger partial charge is 0.326 e. The topological polar surface area (TPSA) is 95.9 Å². The molecule has 1 aliphatic heterocycles. The lowest BCUT2D eigenvalue weighted by atomic mass is 9.88. The maximum atomic E-state index is 12.9. The number of nitrogens with zero attached hydrogens (tertiary/aromatic N) is 1. The van der Waals surface area contributed by atoms with Crippen LogP contribution >= 0.6 is 23.2 Å². The number of piperidine rings is 1. The fourth-order valence-electron chi connectivity index (χ4n) is 3.91. The highest BCUT2D eigenvalue weighted by Crippen LogP contribution is 2.26. The molecule has 0 bridgehead atoms. The van der Waals surface area contributed by atoms with E-state index >= 15 is 0 Å². The fraction of sp³-hybridized carbons (Fsp3) is 0.423. The Morgan fingerprint density at radius 3 is 2.20 bits per heavy atom. The van der Waals surface area contributed by atoms with Gasteiger partial charge in [-0.05, 0) is 62.9 Å². The van der Waals surface area contributed by atoms with Crippen LogP contribution in [-0.4, -0.2) is 46.9 Å². The number of carbonyl (C=O) groups is 3. The minimum Gasteiger partial charge on any atom is -0.489 e. The number of hydrogen-bond donors (Lipinski definition) is 2. The number of nitrogens with one attached hydrogen (secondary N) is 1. The van der Waals surface area contributed by atoms with Crippen LogP contribution in [0.4, 0.5) is 0 Å². The van der Waals surface area contributed by atoms with Crippen LogP contribution in [0, 0.1) is 5.41 Å². The molecule has 1 heterocycles. The second-order valence-electron chi connectivity index (χ2n) is 9.18. The number of halogens is 2. The molecule has 1 atom stereocenters.